The number of H-pyrrole nitrogens is 1. The van der Waals surface area contributed by atoms with Gasteiger partial charge in [-0.1, -0.05) is 18.2 Å². The van der Waals surface area contributed by atoms with Gasteiger partial charge in [0, 0.05) is 11.4 Å². The van der Waals surface area contributed by atoms with Crippen molar-refractivity contribution in [2.24, 2.45) is 0 Å². The molecule has 2 aromatic carbocycles. The third-order valence-electron chi connectivity index (χ3n) is 5.80. The Morgan fingerprint density at radius 1 is 1.13 bits per heavy atom. The Labute approximate surface area is 184 Å². The minimum atomic E-state index is -0.0999. The second-order valence-electron chi connectivity index (χ2n) is 7.57. The first kappa shape index (κ1) is 19.8. The lowest BCUT2D eigenvalue weighted by Gasteiger charge is -2.37. The second-order valence-corrected chi connectivity index (χ2v) is 8.55. The van der Waals surface area contributed by atoms with Gasteiger partial charge in [0.15, 0.2) is 11.5 Å². The Bertz CT molecular complexity index is 1280. The molecule has 0 saturated carbocycles. The molecular formula is C24H23N3O3S. The number of benzene rings is 2. The quantitative estimate of drug-likeness (QED) is 0.512. The topological polar surface area (TPSA) is 67.5 Å². The smallest absolute Gasteiger partial charge is 0.258 e. The molecule has 0 saturated heterocycles. The molecule has 1 atom stereocenters. The molecule has 158 valence electrons. The molecule has 0 amide bonds. The summed E-state index contributed by atoms with van der Waals surface area (Å²) in [4.78, 5) is 23.9. The summed E-state index contributed by atoms with van der Waals surface area (Å²) in [6.07, 6.45) is 0.884. The van der Waals surface area contributed by atoms with Gasteiger partial charge in [0.2, 0.25) is 0 Å². The van der Waals surface area contributed by atoms with Crippen LogP contribution in [0.3, 0.4) is 0 Å². The number of rotatable bonds is 5. The van der Waals surface area contributed by atoms with Crippen molar-refractivity contribution in [3.8, 4) is 11.5 Å². The Morgan fingerprint density at radius 3 is 2.71 bits per heavy atom. The zero-order valence-electron chi connectivity index (χ0n) is 17.4. The van der Waals surface area contributed by atoms with Gasteiger partial charge in [-0.15, -0.1) is 11.3 Å². The number of thiophene rings is 1. The van der Waals surface area contributed by atoms with E-state index in [2.05, 4.69) is 39.5 Å². The number of fused-ring (bicyclic) bond motifs is 2. The van der Waals surface area contributed by atoms with E-state index in [9.17, 15) is 4.79 Å². The van der Waals surface area contributed by atoms with Crippen molar-refractivity contribution in [2.45, 2.75) is 19.0 Å². The summed E-state index contributed by atoms with van der Waals surface area (Å²) in [6, 6.07) is 15.9. The van der Waals surface area contributed by atoms with Crippen LogP contribution in [0.2, 0.25) is 0 Å². The van der Waals surface area contributed by atoms with E-state index >= 15 is 0 Å². The number of nitrogens with zero attached hydrogens (tertiary/aromatic N) is 2. The molecule has 4 aromatic rings. The fraction of sp³-hybridized carbons (Fsp3) is 0.250. The SMILES string of the molecule is COc1cc2c(cc1OC)[C@@H](c1cccs1)N(Cc1nc3ccccc3c(=O)[nH]1)CC2. The molecule has 0 fully saturated rings. The normalized spacial score (nSPS) is 16.3. The molecule has 3 heterocycles. The maximum Gasteiger partial charge on any atom is 0.258 e. The number of methoxy groups -OCH3 is 2. The zero-order chi connectivity index (χ0) is 21.4. The molecule has 31 heavy (non-hydrogen) atoms. The Balaban J connectivity index is 1.57. The van der Waals surface area contributed by atoms with Crippen LogP contribution in [0.1, 0.15) is 27.9 Å². The van der Waals surface area contributed by atoms with E-state index in [-0.39, 0.29) is 11.6 Å². The van der Waals surface area contributed by atoms with Gasteiger partial charge in [0.05, 0.1) is 37.7 Å². The van der Waals surface area contributed by atoms with E-state index in [1.807, 2.05) is 18.2 Å². The van der Waals surface area contributed by atoms with Gasteiger partial charge in [-0.25, -0.2) is 4.98 Å². The predicted molar refractivity (Wildman–Crippen MR) is 122 cm³/mol. The number of ether oxygens (including phenoxy) is 2. The summed E-state index contributed by atoms with van der Waals surface area (Å²) in [5.41, 5.74) is 3.08. The van der Waals surface area contributed by atoms with Crippen molar-refractivity contribution in [3.05, 3.63) is 86.1 Å². The van der Waals surface area contributed by atoms with Gasteiger partial charge in [0.1, 0.15) is 5.82 Å². The van der Waals surface area contributed by atoms with Crippen LogP contribution in [0.25, 0.3) is 10.9 Å². The first-order chi connectivity index (χ1) is 15.2. The van der Waals surface area contributed by atoms with E-state index in [1.165, 1.54) is 16.0 Å². The van der Waals surface area contributed by atoms with E-state index in [1.54, 1.807) is 31.6 Å². The summed E-state index contributed by atoms with van der Waals surface area (Å²) < 4.78 is 11.1. The average Bonchev–Trinajstić information content (AvgIpc) is 3.32. The summed E-state index contributed by atoms with van der Waals surface area (Å²) >= 11 is 1.73. The highest BCUT2D eigenvalue weighted by atomic mass is 32.1. The van der Waals surface area contributed by atoms with Gasteiger partial charge < -0.3 is 14.5 Å². The molecule has 1 aliphatic rings. The van der Waals surface area contributed by atoms with Crippen LogP contribution in [0.4, 0.5) is 0 Å². The third-order valence-corrected chi connectivity index (χ3v) is 6.73. The van der Waals surface area contributed by atoms with E-state index in [4.69, 9.17) is 14.5 Å². The van der Waals surface area contributed by atoms with Crippen LogP contribution in [-0.2, 0) is 13.0 Å². The molecule has 0 spiro atoms. The standard InChI is InChI=1S/C24H23N3O3S/c1-29-19-12-15-9-10-27(14-22-25-18-7-4-3-6-16(18)24(28)26-22)23(21-8-5-11-31-21)17(15)13-20(19)30-2/h3-8,11-13,23H,9-10,14H2,1-2H3,(H,25,26,28)/t23-/m0/s1. The Kier molecular flexibility index (Phi) is 5.21. The Morgan fingerprint density at radius 2 is 1.94 bits per heavy atom. The number of para-hydroxylation sites is 1. The average molecular weight is 434 g/mol. The molecule has 7 heteroatoms. The molecule has 1 aliphatic heterocycles. The van der Waals surface area contributed by atoms with Crippen molar-refractivity contribution >= 4 is 22.2 Å². The number of aromatic amines is 1. The molecule has 5 rings (SSSR count). The number of aromatic nitrogens is 2. The van der Waals surface area contributed by atoms with Crippen LogP contribution in [0.5, 0.6) is 11.5 Å². The van der Waals surface area contributed by atoms with E-state index in [0.29, 0.717) is 17.8 Å². The zero-order valence-corrected chi connectivity index (χ0v) is 18.2. The molecule has 6 nitrogen and oxygen atoms in total. The minimum absolute atomic E-state index is 0.0559. The van der Waals surface area contributed by atoms with Crippen LogP contribution >= 0.6 is 11.3 Å². The molecule has 0 unspecified atom stereocenters. The van der Waals surface area contributed by atoms with E-state index < -0.39 is 0 Å². The van der Waals surface area contributed by atoms with Crippen molar-refractivity contribution in [1.82, 2.24) is 14.9 Å². The molecule has 0 aliphatic carbocycles. The second kappa shape index (κ2) is 8.17. The highest BCUT2D eigenvalue weighted by molar-refractivity contribution is 7.10. The molecule has 0 bridgehead atoms. The van der Waals surface area contributed by atoms with Gasteiger partial charge in [-0.05, 0) is 53.3 Å². The molecule has 1 N–H and O–H groups in total. The molecular weight excluding hydrogens is 410 g/mol. The molecule has 0 radical (unpaired) electrons. The predicted octanol–water partition coefficient (Wildman–Crippen LogP) is 4.15. The monoisotopic (exact) mass is 433 g/mol. The number of hydrogen-bond donors (Lipinski definition) is 1. The van der Waals surface area contributed by atoms with Crippen LogP contribution < -0.4 is 15.0 Å². The van der Waals surface area contributed by atoms with Crippen molar-refractivity contribution < 1.29 is 9.47 Å². The fourth-order valence-electron chi connectivity index (χ4n) is 4.35. The molecule has 2 aromatic heterocycles. The van der Waals surface area contributed by atoms with Crippen LogP contribution in [0.15, 0.2) is 58.7 Å². The number of hydrogen-bond acceptors (Lipinski definition) is 6. The summed E-state index contributed by atoms with van der Waals surface area (Å²) in [6.45, 7) is 1.40. The van der Waals surface area contributed by atoms with Crippen molar-refractivity contribution in [1.29, 1.82) is 0 Å². The van der Waals surface area contributed by atoms with Crippen molar-refractivity contribution in [3.63, 3.8) is 0 Å². The Hall–Kier alpha value is -3.16. The number of nitrogens with one attached hydrogen (secondary N) is 1. The summed E-state index contributed by atoms with van der Waals surface area (Å²) in [5.74, 6) is 2.15. The van der Waals surface area contributed by atoms with Gasteiger partial charge in [0.25, 0.3) is 5.56 Å². The van der Waals surface area contributed by atoms with E-state index in [0.717, 1.165) is 30.0 Å². The lowest BCUT2D eigenvalue weighted by molar-refractivity contribution is 0.201. The third kappa shape index (κ3) is 3.60. The van der Waals surface area contributed by atoms with Gasteiger partial charge in [-0.2, -0.15) is 0 Å². The minimum Gasteiger partial charge on any atom is -0.493 e. The first-order valence-electron chi connectivity index (χ1n) is 10.2. The maximum absolute atomic E-state index is 12.6. The first-order valence-corrected chi connectivity index (χ1v) is 11.1. The van der Waals surface area contributed by atoms with Gasteiger partial charge >= 0.3 is 0 Å². The highest BCUT2D eigenvalue weighted by Crippen LogP contribution is 2.42. The van der Waals surface area contributed by atoms with Crippen molar-refractivity contribution in [2.75, 3.05) is 20.8 Å². The summed E-state index contributed by atoms with van der Waals surface area (Å²) in [7, 11) is 3.33. The lowest BCUT2D eigenvalue weighted by atomic mass is 9.91. The lowest BCUT2D eigenvalue weighted by Crippen LogP contribution is -2.36. The van der Waals surface area contributed by atoms with Crippen LogP contribution in [0, 0.1) is 0 Å². The largest absolute Gasteiger partial charge is 0.493 e. The van der Waals surface area contributed by atoms with Crippen LogP contribution in [-0.4, -0.2) is 35.6 Å². The summed E-state index contributed by atoms with van der Waals surface area (Å²) in [5, 5.41) is 2.71. The maximum atomic E-state index is 12.6. The fourth-order valence-corrected chi connectivity index (χ4v) is 5.23. The highest BCUT2D eigenvalue weighted by Gasteiger charge is 2.31. The van der Waals surface area contributed by atoms with Gasteiger partial charge in [-0.3, -0.25) is 9.69 Å².